The lowest BCUT2D eigenvalue weighted by Gasteiger charge is -2.12. The first-order valence-electron chi connectivity index (χ1n) is 7.90. The summed E-state index contributed by atoms with van der Waals surface area (Å²) in [5.74, 6) is -0.710. The van der Waals surface area contributed by atoms with Crippen LogP contribution < -0.4 is 10.9 Å². The number of pyridine rings is 1. The van der Waals surface area contributed by atoms with Crippen LogP contribution in [-0.4, -0.2) is 29.2 Å². The summed E-state index contributed by atoms with van der Waals surface area (Å²) < 4.78 is 5.02. The zero-order valence-corrected chi connectivity index (χ0v) is 14.9. The van der Waals surface area contributed by atoms with Crippen LogP contribution in [0.5, 0.6) is 0 Å². The lowest BCUT2D eigenvalue weighted by atomic mass is 10.1. The number of benzene rings is 1. The highest BCUT2D eigenvalue weighted by Gasteiger charge is 2.18. The van der Waals surface area contributed by atoms with Gasteiger partial charge in [-0.1, -0.05) is 36.9 Å². The second-order valence-corrected chi connectivity index (χ2v) is 6.34. The predicted molar refractivity (Wildman–Crippen MR) is 98.2 cm³/mol. The maximum absolute atomic E-state index is 12.6. The van der Waals surface area contributed by atoms with Gasteiger partial charge >= 0.3 is 5.97 Å². The van der Waals surface area contributed by atoms with Crippen LogP contribution in [0, 0.1) is 6.92 Å². The number of hydrogen-bond donors (Lipinski definition) is 2. The van der Waals surface area contributed by atoms with Gasteiger partial charge in [0.1, 0.15) is 0 Å². The number of H-pyrrole nitrogens is 1. The van der Waals surface area contributed by atoms with Crippen molar-refractivity contribution >= 4 is 29.3 Å². The van der Waals surface area contributed by atoms with Gasteiger partial charge in [0.25, 0.3) is 5.91 Å². The number of aryl methyl sites for hydroxylation is 1. The van der Waals surface area contributed by atoms with E-state index in [1.165, 1.54) is 6.07 Å². The maximum atomic E-state index is 12.6. The fraction of sp³-hybridized carbons (Fsp3) is 0.278. The van der Waals surface area contributed by atoms with Gasteiger partial charge in [-0.3, -0.25) is 14.4 Å². The van der Waals surface area contributed by atoms with E-state index in [4.69, 9.17) is 4.74 Å². The molecule has 1 amide bonds. The highest BCUT2D eigenvalue weighted by Crippen LogP contribution is 2.23. The summed E-state index contributed by atoms with van der Waals surface area (Å²) in [6.07, 6.45) is 0.739. The molecule has 0 spiro atoms. The molecule has 0 bridgehead atoms. The van der Waals surface area contributed by atoms with E-state index in [0.29, 0.717) is 28.4 Å². The molecule has 25 heavy (non-hydrogen) atoms. The van der Waals surface area contributed by atoms with E-state index >= 15 is 0 Å². The number of rotatable bonds is 7. The minimum absolute atomic E-state index is 0.0189. The van der Waals surface area contributed by atoms with Crippen LogP contribution in [0.3, 0.4) is 0 Å². The molecule has 7 heteroatoms. The summed E-state index contributed by atoms with van der Waals surface area (Å²) in [5, 5.41) is 3.14. The molecule has 2 rings (SSSR count). The standard InChI is InChI=1S/C18H20N2O4S/c1-3-9-24-15(22)11-25-18-16(12(2)10-14(21)20-18)17(23)19-13-7-5-4-6-8-13/h4-8,10H,3,9,11H2,1-2H3,(H,19,23)(H,20,21). The van der Waals surface area contributed by atoms with Crippen molar-refractivity contribution < 1.29 is 14.3 Å². The molecule has 132 valence electrons. The van der Waals surface area contributed by atoms with E-state index in [1.807, 2.05) is 25.1 Å². The molecule has 0 aliphatic rings. The normalized spacial score (nSPS) is 10.3. The van der Waals surface area contributed by atoms with Crippen molar-refractivity contribution in [1.29, 1.82) is 0 Å². The summed E-state index contributed by atoms with van der Waals surface area (Å²) in [6.45, 7) is 3.95. The first-order chi connectivity index (χ1) is 12.0. The van der Waals surface area contributed by atoms with Gasteiger partial charge in [-0.05, 0) is 31.0 Å². The van der Waals surface area contributed by atoms with Gasteiger partial charge in [0.15, 0.2) is 0 Å². The smallest absolute Gasteiger partial charge is 0.316 e. The average Bonchev–Trinajstić information content (AvgIpc) is 2.58. The molecule has 0 aliphatic heterocycles. The van der Waals surface area contributed by atoms with Crippen LogP contribution in [0.25, 0.3) is 0 Å². The average molecular weight is 360 g/mol. The zero-order chi connectivity index (χ0) is 18.2. The Labute approximate surface area is 150 Å². The van der Waals surface area contributed by atoms with Gasteiger partial charge in [-0.25, -0.2) is 0 Å². The Morgan fingerprint density at radius 1 is 1.24 bits per heavy atom. The van der Waals surface area contributed by atoms with Gasteiger partial charge in [0.2, 0.25) is 5.56 Å². The Hall–Kier alpha value is -2.54. The number of amides is 1. The number of aromatic nitrogens is 1. The minimum atomic E-state index is -0.386. The Morgan fingerprint density at radius 3 is 2.64 bits per heavy atom. The molecule has 0 saturated carbocycles. The highest BCUT2D eigenvalue weighted by molar-refractivity contribution is 8.00. The molecular weight excluding hydrogens is 340 g/mol. The summed E-state index contributed by atoms with van der Waals surface area (Å²) in [5.41, 5.74) is 1.22. The first kappa shape index (κ1) is 18.8. The fourth-order valence-electron chi connectivity index (χ4n) is 2.15. The van der Waals surface area contributed by atoms with Gasteiger partial charge in [0.05, 0.1) is 22.9 Å². The van der Waals surface area contributed by atoms with Crippen molar-refractivity contribution in [2.45, 2.75) is 25.3 Å². The Bertz CT molecular complexity index is 802. The number of aromatic amines is 1. The number of nitrogens with one attached hydrogen (secondary N) is 2. The maximum Gasteiger partial charge on any atom is 0.316 e. The summed E-state index contributed by atoms with van der Waals surface area (Å²) in [7, 11) is 0. The van der Waals surface area contributed by atoms with E-state index < -0.39 is 0 Å². The molecule has 1 aromatic carbocycles. The Kier molecular flexibility index (Phi) is 6.82. The van der Waals surface area contributed by atoms with Gasteiger partial charge < -0.3 is 15.0 Å². The molecule has 2 N–H and O–H groups in total. The third-order valence-electron chi connectivity index (χ3n) is 3.27. The lowest BCUT2D eigenvalue weighted by molar-refractivity contribution is -0.140. The molecule has 0 unspecified atom stereocenters. The van der Waals surface area contributed by atoms with Crippen LogP contribution in [0.1, 0.15) is 29.3 Å². The summed E-state index contributed by atoms with van der Waals surface area (Å²) in [4.78, 5) is 38.7. The molecule has 0 aliphatic carbocycles. The van der Waals surface area contributed by atoms with Gasteiger partial charge in [0, 0.05) is 11.8 Å². The highest BCUT2D eigenvalue weighted by atomic mass is 32.2. The van der Waals surface area contributed by atoms with E-state index in [1.54, 1.807) is 19.1 Å². The third-order valence-corrected chi connectivity index (χ3v) is 4.24. The number of thioether (sulfide) groups is 1. The molecule has 0 atom stereocenters. The van der Waals surface area contributed by atoms with Crippen molar-refractivity contribution in [2.75, 3.05) is 17.7 Å². The van der Waals surface area contributed by atoms with E-state index in [2.05, 4.69) is 10.3 Å². The van der Waals surface area contributed by atoms with E-state index in [-0.39, 0.29) is 23.2 Å². The van der Waals surface area contributed by atoms with Crippen molar-refractivity contribution in [1.82, 2.24) is 4.98 Å². The van der Waals surface area contributed by atoms with Crippen molar-refractivity contribution in [3.63, 3.8) is 0 Å². The predicted octanol–water partition coefficient (Wildman–Crippen LogP) is 2.98. The summed E-state index contributed by atoms with van der Waals surface area (Å²) >= 11 is 1.08. The molecule has 1 heterocycles. The molecule has 6 nitrogen and oxygen atoms in total. The monoisotopic (exact) mass is 360 g/mol. The second-order valence-electron chi connectivity index (χ2n) is 5.35. The van der Waals surface area contributed by atoms with Crippen LogP contribution in [0.4, 0.5) is 5.69 Å². The molecule has 0 radical (unpaired) electrons. The Morgan fingerprint density at radius 2 is 1.96 bits per heavy atom. The van der Waals surface area contributed by atoms with Crippen LogP contribution in [0.2, 0.25) is 0 Å². The number of ether oxygens (including phenoxy) is 1. The fourth-order valence-corrected chi connectivity index (χ4v) is 3.07. The van der Waals surface area contributed by atoms with E-state index in [0.717, 1.165) is 18.2 Å². The number of carbonyl (C=O) groups excluding carboxylic acids is 2. The number of anilines is 1. The largest absolute Gasteiger partial charge is 0.465 e. The van der Waals surface area contributed by atoms with Crippen LogP contribution >= 0.6 is 11.8 Å². The molecule has 2 aromatic rings. The first-order valence-corrected chi connectivity index (χ1v) is 8.88. The number of hydrogen-bond acceptors (Lipinski definition) is 5. The lowest BCUT2D eigenvalue weighted by Crippen LogP contribution is -2.20. The zero-order valence-electron chi connectivity index (χ0n) is 14.1. The topological polar surface area (TPSA) is 88.3 Å². The van der Waals surface area contributed by atoms with Crippen molar-refractivity contribution in [2.24, 2.45) is 0 Å². The van der Waals surface area contributed by atoms with Crippen LogP contribution in [0.15, 0.2) is 46.2 Å². The minimum Gasteiger partial charge on any atom is -0.465 e. The number of carbonyl (C=O) groups is 2. The van der Waals surface area contributed by atoms with Crippen molar-refractivity contribution in [3.05, 3.63) is 57.9 Å². The summed E-state index contributed by atoms with van der Waals surface area (Å²) in [6, 6.07) is 10.4. The number of para-hydroxylation sites is 1. The SMILES string of the molecule is CCCOC(=O)CSc1[nH]c(=O)cc(C)c1C(=O)Nc1ccccc1. The van der Waals surface area contributed by atoms with Gasteiger partial charge in [-0.15, -0.1) is 0 Å². The van der Waals surface area contributed by atoms with Crippen molar-refractivity contribution in [3.8, 4) is 0 Å². The molecule has 1 aromatic heterocycles. The Balaban J connectivity index is 2.20. The molecule has 0 fully saturated rings. The molecule has 0 saturated heterocycles. The quantitative estimate of drug-likeness (QED) is 0.585. The van der Waals surface area contributed by atoms with Crippen LogP contribution in [-0.2, 0) is 9.53 Å². The number of esters is 1. The molecular formula is C18H20N2O4S. The van der Waals surface area contributed by atoms with Gasteiger partial charge in [-0.2, -0.15) is 0 Å². The second kappa shape index (κ2) is 9.08. The van der Waals surface area contributed by atoms with E-state index in [9.17, 15) is 14.4 Å². The third kappa shape index (κ3) is 5.49.